The highest BCUT2D eigenvalue weighted by molar-refractivity contribution is 6.31. The molecular formula is C13H18ClN. The molecule has 0 heterocycles. The molecule has 0 saturated heterocycles. The van der Waals surface area contributed by atoms with Crippen LogP contribution in [0.5, 0.6) is 0 Å². The van der Waals surface area contributed by atoms with Crippen molar-refractivity contribution in [3.63, 3.8) is 0 Å². The fraction of sp³-hybridized carbons (Fsp3) is 0.538. The molecule has 2 heteroatoms. The molecule has 1 saturated carbocycles. The summed E-state index contributed by atoms with van der Waals surface area (Å²) in [6, 6.07) is 4.25. The van der Waals surface area contributed by atoms with Crippen molar-refractivity contribution in [3.05, 3.63) is 33.8 Å². The van der Waals surface area contributed by atoms with E-state index in [1.807, 2.05) is 6.07 Å². The molecule has 15 heavy (non-hydrogen) atoms. The van der Waals surface area contributed by atoms with Crippen LogP contribution in [-0.2, 0) is 6.42 Å². The minimum atomic E-state index is 0.142. The summed E-state index contributed by atoms with van der Waals surface area (Å²) in [6.07, 6.45) is 4.52. The third-order valence-electron chi connectivity index (χ3n) is 3.38. The quantitative estimate of drug-likeness (QED) is 0.836. The van der Waals surface area contributed by atoms with Crippen LogP contribution in [0.15, 0.2) is 12.1 Å². The Morgan fingerprint density at radius 2 is 2.00 bits per heavy atom. The second-order valence-electron chi connectivity index (χ2n) is 4.89. The van der Waals surface area contributed by atoms with Crippen molar-refractivity contribution < 1.29 is 0 Å². The molecule has 1 fully saturated rings. The monoisotopic (exact) mass is 223 g/mol. The maximum absolute atomic E-state index is 6.15. The maximum Gasteiger partial charge on any atom is 0.0440 e. The molecule has 0 amide bonds. The smallest absolute Gasteiger partial charge is 0.0440 e. The summed E-state index contributed by atoms with van der Waals surface area (Å²) in [5.41, 5.74) is 10.0. The highest BCUT2D eigenvalue weighted by atomic mass is 35.5. The minimum Gasteiger partial charge on any atom is -0.325 e. The summed E-state index contributed by atoms with van der Waals surface area (Å²) < 4.78 is 0. The molecule has 1 aromatic carbocycles. The molecular weight excluding hydrogens is 206 g/mol. The van der Waals surface area contributed by atoms with Gasteiger partial charge >= 0.3 is 0 Å². The standard InChI is InChI=1S/C13H18ClN/c1-9-7-11(10(2)12(14)8-9)3-4-13(15)5-6-13/h7-8H,3-6,15H2,1-2H3. The van der Waals surface area contributed by atoms with Crippen LogP contribution in [0.4, 0.5) is 0 Å². The van der Waals surface area contributed by atoms with E-state index in [0.717, 1.165) is 17.9 Å². The topological polar surface area (TPSA) is 26.0 Å². The van der Waals surface area contributed by atoms with Gasteiger partial charge in [-0.3, -0.25) is 0 Å². The first-order valence-electron chi connectivity index (χ1n) is 5.55. The van der Waals surface area contributed by atoms with E-state index in [-0.39, 0.29) is 5.54 Å². The first kappa shape index (κ1) is 11.0. The summed E-state index contributed by atoms with van der Waals surface area (Å²) in [7, 11) is 0. The molecule has 0 aliphatic heterocycles. The molecule has 1 aliphatic rings. The third kappa shape index (κ3) is 2.53. The molecule has 1 aliphatic carbocycles. The summed E-state index contributed by atoms with van der Waals surface area (Å²) in [4.78, 5) is 0. The lowest BCUT2D eigenvalue weighted by Crippen LogP contribution is -2.22. The van der Waals surface area contributed by atoms with Gasteiger partial charge in [0.15, 0.2) is 0 Å². The van der Waals surface area contributed by atoms with Crippen molar-refractivity contribution in [2.75, 3.05) is 0 Å². The van der Waals surface area contributed by atoms with Gasteiger partial charge in [0.05, 0.1) is 0 Å². The Bertz CT molecular complexity index is 380. The third-order valence-corrected chi connectivity index (χ3v) is 3.77. The van der Waals surface area contributed by atoms with Gasteiger partial charge in [-0.1, -0.05) is 17.7 Å². The van der Waals surface area contributed by atoms with E-state index in [2.05, 4.69) is 19.9 Å². The average Bonchev–Trinajstić information content (AvgIpc) is 2.88. The Morgan fingerprint density at radius 1 is 1.33 bits per heavy atom. The van der Waals surface area contributed by atoms with Gasteiger partial charge in [-0.2, -0.15) is 0 Å². The lowest BCUT2D eigenvalue weighted by atomic mass is 9.98. The van der Waals surface area contributed by atoms with Crippen LogP contribution in [0, 0.1) is 13.8 Å². The molecule has 0 radical (unpaired) electrons. The lowest BCUT2D eigenvalue weighted by molar-refractivity contribution is 0.608. The zero-order chi connectivity index (χ0) is 11.1. The molecule has 2 rings (SSSR count). The van der Waals surface area contributed by atoms with Crippen molar-refractivity contribution in [1.82, 2.24) is 0 Å². The van der Waals surface area contributed by atoms with Crippen molar-refractivity contribution in [3.8, 4) is 0 Å². The van der Waals surface area contributed by atoms with Crippen LogP contribution in [0.1, 0.15) is 36.0 Å². The van der Waals surface area contributed by atoms with Gasteiger partial charge in [-0.15, -0.1) is 0 Å². The highest BCUT2D eigenvalue weighted by Gasteiger charge is 2.37. The van der Waals surface area contributed by atoms with Gasteiger partial charge in [0.2, 0.25) is 0 Å². The SMILES string of the molecule is Cc1cc(Cl)c(C)c(CCC2(N)CC2)c1. The van der Waals surface area contributed by atoms with Crippen molar-refractivity contribution in [2.45, 2.75) is 45.1 Å². The summed E-state index contributed by atoms with van der Waals surface area (Å²) in [5, 5.41) is 0.881. The molecule has 82 valence electrons. The van der Waals surface area contributed by atoms with Gasteiger partial charge in [0, 0.05) is 10.6 Å². The van der Waals surface area contributed by atoms with Crippen LogP contribution in [0.25, 0.3) is 0 Å². The average molecular weight is 224 g/mol. The number of aryl methyl sites for hydroxylation is 2. The van der Waals surface area contributed by atoms with Crippen LogP contribution >= 0.6 is 11.6 Å². The molecule has 1 nitrogen and oxygen atoms in total. The van der Waals surface area contributed by atoms with Crippen molar-refractivity contribution >= 4 is 11.6 Å². The number of halogens is 1. The summed E-state index contributed by atoms with van der Waals surface area (Å²) >= 11 is 6.15. The van der Waals surface area contributed by atoms with Gasteiger partial charge in [0.25, 0.3) is 0 Å². The fourth-order valence-corrected chi connectivity index (χ4v) is 2.23. The molecule has 0 bridgehead atoms. The van der Waals surface area contributed by atoms with E-state index in [9.17, 15) is 0 Å². The predicted molar refractivity (Wildman–Crippen MR) is 65.4 cm³/mol. The van der Waals surface area contributed by atoms with Gasteiger partial charge in [0.1, 0.15) is 0 Å². The number of benzene rings is 1. The van der Waals surface area contributed by atoms with E-state index in [4.69, 9.17) is 17.3 Å². The van der Waals surface area contributed by atoms with Gasteiger partial charge in [-0.05, 0) is 62.3 Å². The lowest BCUT2D eigenvalue weighted by Gasteiger charge is -2.12. The van der Waals surface area contributed by atoms with E-state index in [1.54, 1.807) is 0 Å². The zero-order valence-electron chi connectivity index (χ0n) is 9.44. The summed E-state index contributed by atoms with van der Waals surface area (Å²) in [5.74, 6) is 0. The Morgan fingerprint density at radius 3 is 2.60 bits per heavy atom. The van der Waals surface area contributed by atoms with Crippen molar-refractivity contribution in [2.24, 2.45) is 5.73 Å². The zero-order valence-corrected chi connectivity index (χ0v) is 10.2. The molecule has 0 spiro atoms. The Labute approximate surface area is 96.6 Å². The predicted octanol–water partition coefficient (Wildman–Crippen LogP) is 3.38. The second-order valence-corrected chi connectivity index (χ2v) is 5.30. The normalized spacial score (nSPS) is 17.9. The van der Waals surface area contributed by atoms with Crippen molar-refractivity contribution in [1.29, 1.82) is 0 Å². The molecule has 1 aromatic rings. The number of nitrogens with two attached hydrogens (primary N) is 1. The Kier molecular flexibility index (Phi) is 2.78. The first-order valence-corrected chi connectivity index (χ1v) is 5.92. The second kappa shape index (κ2) is 3.80. The number of hydrogen-bond donors (Lipinski definition) is 1. The number of rotatable bonds is 3. The molecule has 2 N–H and O–H groups in total. The first-order chi connectivity index (χ1) is 7.00. The Hall–Kier alpha value is -0.530. The van der Waals surface area contributed by atoms with Crippen LogP contribution in [0.2, 0.25) is 5.02 Å². The largest absolute Gasteiger partial charge is 0.325 e. The molecule has 0 aromatic heterocycles. The highest BCUT2D eigenvalue weighted by Crippen LogP contribution is 2.37. The Balaban J connectivity index is 2.13. The molecule has 0 atom stereocenters. The number of hydrogen-bond acceptors (Lipinski definition) is 1. The van der Waals surface area contributed by atoms with Crippen LogP contribution in [-0.4, -0.2) is 5.54 Å². The van der Waals surface area contributed by atoms with Crippen LogP contribution < -0.4 is 5.73 Å². The maximum atomic E-state index is 6.15. The van der Waals surface area contributed by atoms with E-state index in [0.29, 0.717) is 0 Å². The fourth-order valence-electron chi connectivity index (χ4n) is 1.94. The van der Waals surface area contributed by atoms with Crippen LogP contribution in [0.3, 0.4) is 0 Å². The van der Waals surface area contributed by atoms with E-state index >= 15 is 0 Å². The van der Waals surface area contributed by atoms with Gasteiger partial charge < -0.3 is 5.73 Å². The van der Waals surface area contributed by atoms with Gasteiger partial charge in [-0.25, -0.2) is 0 Å². The summed E-state index contributed by atoms with van der Waals surface area (Å²) in [6.45, 7) is 4.18. The van der Waals surface area contributed by atoms with E-state index in [1.165, 1.54) is 29.5 Å². The van der Waals surface area contributed by atoms with E-state index < -0.39 is 0 Å². The minimum absolute atomic E-state index is 0.142. The molecule has 0 unspecified atom stereocenters.